The van der Waals surface area contributed by atoms with Crippen molar-refractivity contribution in [2.75, 3.05) is 24.5 Å². The highest BCUT2D eigenvalue weighted by atomic mass is 15.2. The van der Waals surface area contributed by atoms with E-state index in [0.717, 1.165) is 25.5 Å². The Morgan fingerprint density at radius 1 is 1.47 bits per heavy atom. The third-order valence-electron chi connectivity index (χ3n) is 2.98. The first-order valence-electron chi connectivity index (χ1n) is 5.67. The number of nitrogens with zero attached hydrogens (tertiary/aromatic N) is 2. The lowest BCUT2D eigenvalue weighted by Gasteiger charge is -2.36. The molecular formula is C12H19N3. The van der Waals surface area contributed by atoms with E-state index < -0.39 is 0 Å². The normalized spacial score (nSPS) is 22.1. The Bertz CT molecular complexity index is 297. The van der Waals surface area contributed by atoms with Crippen LogP contribution >= 0.6 is 0 Å². The molecule has 0 saturated carbocycles. The lowest BCUT2D eigenvalue weighted by Crippen LogP contribution is -2.53. The standard InChI is InChI=1S/C12H19N3/c1-10(2)11-9-15(8-7-13-11)12-5-3-4-6-14-12/h3-6,10-11,13H,7-9H2,1-2H3. The highest BCUT2D eigenvalue weighted by molar-refractivity contribution is 5.38. The summed E-state index contributed by atoms with van der Waals surface area (Å²) in [6.07, 6.45) is 1.86. The van der Waals surface area contributed by atoms with E-state index in [9.17, 15) is 0 Å². The highest BCUT2D eigenvalue weighted by Crippen LogP contribution is 2.14. The maximum absolute atomic E-state index is 4.39. The molecule has 0 amide bonds. The number of nitrogens with one attached hydrogen (secondary N) is 1. The molecule has 0 aliphatic carbocycles. The number of piperazine rings is 1. The molecule has 1 aromatic rings. The van der Waals surface area contributed by atoms with Gasteiger partial charge < -0.3 is 10.2 Å². The molecule has 3 nitrogen and oxygen atoms in total. The average Bonchev–Trinajstić information content (AvgIpc) is 2.30. The Balaban J connectivity index is 2.05. The van der Waals surface area contributed by atoms with Crippen molar-refractivity contribution in [2.24, 2.45) is 5.92 Å². The second kappa shape index (κ2) is 4.62. The van der Waals surface area contributed by atoms with Gasteiger partial charge in [0.25, 0.3) is 0 Å². The molecule has 1 aliphatic rings. The van der Waals surface area contributed by atoms with Crippen LogP contribution in [0.3, 0.4) is 0 Å². The maximum atomic E-state index is 4.39. The van der Waals surface area contributed by atoms with Gasteiger partial charge >= 0.3 is 0 Å². The third-order valence-corrected chi connectivity index (χ3v) is 2.98. The number of rotatable bonds is 2. The Morgan fingerprint density at radius 3 is 3.00 bits per heavy atom. The zero-order valence-electron chi connectivity index (χ0n) is 9.48. The molecular weight excluding hydrogens is 186 g/mol. The van der Waals surface area contributed by atoms with Crippen molar-refractivity contribution in [1.82, 2.24) is 10.3 Å². The fraction of sp³-hybridized carbons (Fsp3) is 0.583. The van der Waals surface area contributed by atoms with Gasteiger partial charge in [0.1, 0.15) is 5.82 Å². The summed E-state index contributed by atoms with van der Waals surface area (Å²) in [7, 11) is 0. The van der Waals surface area contributed by atoms with Crippen molar-refractivity contribution in [1.29, 1.82) is 0 Å². The lowest BCUT2D eigenvalue weighted by atomic mass is 10.0. The fourth-order valence-electron chi connectivity index (χ4n) is 1.97. The maximum Gasteiger partial charge on any atom is 0.128 e. The molecule has 1 atom stereocenters. The molecule has 0 radical (unpaired) electrons. The van der Waals surface area contributed by atoms with E-state index in [0.29, 0.717) is 12.0 Å². The van der Waals surface area contributed by atoms with Crippen LogP contribution in [0.5, 0.6) is 0 Å². The van der Waals surface area contributed by atoms with Gasteiger partial charge in [0.15, 0.2) is 0 Å². The van der Waals surface area contributed by atoms with Crippen LogP contribution < -0.4 is 10.2 Å². The van der Waals surface area contributed by atoms with Crippen LogP contribution in [0, 0.1) is 5.92 Å². The van der Waals surface area contributed by atoms with Gasteiger partial charge in [0.2, 0.25) is 0 Å². The van der Waals surface area contributed by atoms with Gasteiger partial charge in [-0.25, -0.2) is 4.98 Å². The van der Waals surface area contributed by atoms with Gasteiger partial charge in [-0.05, 0) is 18.1 Å². The molecule has 1 N–H and O–H groups in total. The average molecular weight is 205 g/mol. The Kier molecular flexibility index (Phi) is 3.21. The summed E-state index contributed by atoms with van der Waals surface area (Å²) in [4.78, 5) is 6.76. The van der Waals surface area contributed by atoms with Crippen molar-refractivity contribution in [2.45, 2.75) is 19.9 Å². The van der Waals surface area contributed by atoms with E-state index >= 15 is 0 Å². The molecule has 0 aromatic carbocycles. The van der Waals surface area contributed by atoms with Gasteiger partial charge in [0, 0.05) is 31.9 Å². The Morgan fingerprint density at radius 2 is 2.33 bits per heavy atom. The number of hydrogen-bond donors (Lipinski definition) is 1. The van der Waals surface area contributed by atoms with Gasteiger partial charge in [-0.15, -0.1) is 0 Å². The van der Waals surface area contributed by atoms with Crippen LogP contribution in [0.2, 0.25) is 0 Å². The van der Waals surface area contributed by atoms with Crippen LogP contribution in [0.4, 0.5) is 5.82 Å². The predicted molar refractivity (Wildman–Crippen MR) is 63.1 cm³/mol. The van der Waals surface area contributed by atoms with Crippen molar-refractivity contribution < 1.29 is 0 Å². The van der Waals surface area contributed by atoms with Crippen molar-refractivity contribution in [3.8, 4) is 0 Å². The van der Waals surface area contributed by atoms with E-state index in [1.165, 1.54) is 0 Å². The summed E-state index contributed by atoms with van der Waals surface area (Å²) < 4.78 is 0. The monoisotopic (exact) mass is 205 g/mol. The minimum absolute atomic E-state index is 0.584. The van der Waals surface area contributed by atoms with Gasteiger partial charge in [-0.1, -0.05) is 19.9 Å². The largest absolute Gasteiger partial charge is 0.354 e. The molecule has 82 valence electrons. The number of aromatic nitrogens is 1. The topological polar surface area (TPSA) is 28.2 Å². The summed E-state index contributed by atoms with van der Waals surface area (Å²) in [5, 5.41) is 3.55. The second-order valence-electron chi connectivity index (χ2n) is 4.44. The molecule has 0 bridgehead atoms. The zero-order valence-corrected chi connectivity index (χ0v) is 9.48. The Hall–Kier alpha value is -1.09. The Labute approximate surface area is 91.5 Å². The van der Waals surface area contributed by atoms with E-state index in [4.69, 9.17) is 0 Å². The summed E-state index contributed by atoms with van der Waals surface area (Å²) >= 11 is 0. The summed E-state index contributed by atoms with van der Waals surface area (Å²) in [5.41, 5.74) is 0. The smallest absolute Gasteiger partial charge is 0.128 e. The van der Waals surface area contributed by atoms with E-state index in [2.05, 4.69) is 41.2 Å². The van der Waals surface area contributed by atoms with E-state index in [-0.39, 0.29) is 0 Å². The lowest BCUT2D eigenvalue weighted by molar-refractivity contribution is 0.367. The van der Waals surface area contributed by atoms with Crippen molar-refractivity contribution in [3.05, 3.63) is 24.4 Å². The van der Waals surface area contributed by atoms with Crippen molar-refractivity contribution >= 4 is 5.82 Å². The van der Waals surface area contributed by atoms with Crippen LogP contribution in [0.15, 0.2) is 24.4 Å². The van der Waals surface area contributed by atoms with E-state index in [1.807, 2.05) is 12.3 Å². The molecule has 15 heavy (non-hydrogen) atoms. The van der Waals surface area contributed by atoms with Crippen molar-refractivity contribution in [3.63, 3.8) is 0 Å². The van der Waals surface area contributed by atoms with E-state index in [1.54, 1.807) is 0 Å². The van der Waals surface area contributed by atoms with Crippen LogP contribution in [-0.4, -0.2) is 30.7 Å². The minimum Gasteiger partial charge on any atom is -0.354 e. The highest BCUT2D eigenvalue weighted by Gasteiger charge is 2.22. The molecule has 1 saturated heterocycles. The summed E-state index contributed by atoms with van der Waals surface area (Å²) in [6.45, 7) is 7.70. The number of anilines is 1. The fourth-order valence-corrected chi connectivity index (χ4v) is 1.97. The summed E-state index contributed by atoms with van der Waals surface area (Å²) in [5.74, 6) is 1.78. The molecule has 2 heterocycles. The van der Waals surface area contributed by atoms with Gasteiger partial charge in [-0.2, -0.15) is 0 Å². The zero-order chi connectivity index (χ0) is 10.7. The molecule has 0 spiro atoms. The SMILES string of the molecule is CC(C)C1CN(c2ccccn2)CCN1. The molecule has 1 aliphatic heterocycles. The molecule has 3 heteroatoms. The minimum atomic E-state index is 0.584. The molecule has 2 rings (SSSR count). The summed E-state index contributed by atoms with van der Waals surface area (Å²) in [6, 6.07) is 6.68. The molecule has 1 aromatic heterocycles. The first-order chi connectivity index (χ1) is 7.27. The first kappa shape index (κ1) is 10.4. The predicted octanol–water partition coefficient (Wildman–Crippen LogP) is 1.52. The molecule has 1 fully saturated rings. The van der Waals surface area contributed by atoms with Gasteiger partial charge in [-0.3, -0.25) is 0 Å². The van der Waals surface area contributed by atoms with Crippen LogP contribution in [0.25, 0.3) is 0 Å². The number of pyridine rings is 1. The second-order valence-corrected chi connectivity index (χ2v) is 4.44. The molecule has 1 unspecified atom stereocenters. The van der Waals surface area contributed by atoms with Gasteiger partial charge in [0.05, 0.1) is 0 Å². The first-order valence-corrected chi connectivity index (χ1v) is 5.67. The third kappa shape index (κ3) is 2.48. The van der Waals surface area contributed by atoms with Crippen LogP contribution in [0.1, 0.15) is 13.8 Å². The quantitative estimate of drug-likeness (QED) is 0.793. The van der Waals surface area contributed by atoms with Crippen LogP contribution in [-0.2, 0) is 0 Å². The number of hydrogen-bond acceptors (Lipinski definition) is 3.